The molecule has 0 heterocycles. The summed E-state index contributed by atoms with van der Waals surface area (Å²) in [6, 6.07) is 0. The Balaban J connectivity index is 3.32. The fraction of sp³-hybridized carbons (Fsp3) is 1.00. The molecule has 0 fully saturated rings. The van der Waals surface area contributed by atoms with Crippen LogP contribution in [-0.2, 0) is 4.74 Å². The summed E-state index contributed by atoms with van der Waals surface area (Å²) in [5, 5.41) is 17.7. The highest BCUT2D eigenvalue weighted by Crippen LogP contribution is 2.12. The van der Waals surface area contributed by atoms with Crippen LogP contribution in [0.1, 0.15) is 26.7 Å². The normalized spacial score (nSPS) is 16.0. The molecule has 0 rings (SSSR count). The van der Waals surface area contributed by atoms with Gasteiger partial charge in [-0.1, -0.05) is 13.3 Å². The molecule has 0 aliphatic heterocycles. The molecule has 0 bridgehead atoms. The van der Waals surface area contributed by atoms with Gasteiger partial charge in [-0.15, -0.1) is 0 Å². The fourth-order valence-corrected chi connectivity index (χ4v) is 1.19. The summed E-state index contributed by atoms with van der Waals surface area (Å²) in [7, 11) is 0. The summed E-state index contributed by atoms with van der Waals surface area (Å²) in [6.45, 7) is 4.97. The van der Waals surface area contributed by atoms with E-state index in [1.54, 1.807) is 6.92 Å². The van der Waals surface area contributed by atoms with E-state index in [1.807, 2.05) is 0 Å². The molecule has 0 amide bonds. The molecule has 0 aliphatic carbocycles. The van der Waals surface area contributed by atoms with E-state index in [9.17, 15) is 5.11 Å². The fourth-order valence-electron chi connectivity index (χ4n) is 1.19. The third-order valence-electron chi connectivity index (χ3n) is 2.08. The summed E-state index contributed by atoms with van der Waals surface area (Å²) in [6.07, 6.45) is 1.58. The molecule has 2 unspecified atom stereocenters. The Labute approximate surface area is 74.4 Å². The minimum Gasteiger partial charge on any atom is -0.394 e. The van der Waals surface area contributed by atoms with Gasteiger partial charge < -0.3 is 14.9 Å². The van der Waals surface area contributed by atoms with Crippen LogP contribution in [0.4, 0.5) is 0 Å². The average Bonchev–Trinajstić information content (AvgIpc) is 2.04. The molecule has 3 nitrogen and oxygen atoms in total. The van der Waals surface area contributed by atoms with Gasteiger partial charge in [-0.25, -0.2) is 0 Å². The van der Waals surface area contributed by atoms with E-state index in [2.05, 4.69) is 6.92 Å². The predicted molar refractivity (Wildman–Crippen MR) is 48.0 cm³/mol. The summed E-state index contributed by atoms with van der Waals surface area (Å²) >= 11 is 0. The van der Waals surface area contributed by atoms with Crippen molar-refractivity contribution in [2.24, 2.45) is 5.92 Å². The lowest BCUT2D eigenvalue weighted by molar-refractivity contribution is 0.0568. The summed E-state index contributed by atoms with van der Waals surface area (Å²) < 4.78 is 5.10. The number of ether oxygens (including phenoxy) is 1. The van der Waals surface area contributed by atoms with Crippen molar-refractivity contribution in [2.75, 3.05) is 19.8 Å². The van der Waals surface area contributed by atoms with Gasteiger partial charge >= 0.3 is 0 Å². The quantitative estimate of drug-likeness (QED) is 0.564. The average molecular weight is 176 g/mol. The zero-order chi connectivity index (χ0) is 9.40. The van der Waals surface area contributed by atoms with E-state index >= 15 is 0 Å². The van der Waals surface area contributed by atoms with Crippen LogP contribution in [0, 0.1) is 5.92 Å². The number of hydrogen-bond acceptors (Lipinski definition) is 3. The van der Waals surface area contributed by atoms with E-state index in [0.29, 0.717) is 19.1 Å². The summed E-state index contributed by atoms with van der Waals surface area (Å²) in [4.78, 5) is 0. The highest BCUT2D eigenvalue weighted by atomic mass is 16.5. The number of rotatable bonds is 7. The van der Waals surface area contributed by atoms with Crippen LogP contribution in [0.3, 0.4) is 0 Å². The maximum absolute atomic E-state index is 9.26. The highest BCUT2D eigenvalue weighted by Gasteiger charge is 2.11. The SMILES string of the molecule is CCC(CCOCCO)C(C)O. The molecule has 12 heavy (non-hydrogen) atoms. The Hall–Kier alpha value is -0.120. The van der Waals surface area contributed by atoms with Gasteiger partial charge in [0, 0.05) is 6.61 Å². The molecule has 0 saturated carbocycles. The van der Waals surface area contributed by atoms with Gasteiger partial charge in [-0.2, -0.15) is 0 Å². The van der Waals surface area contributed by atoms with E-state index in [-0.39, 0.29) is 12.7 Å². The third-order valence-corrected chi connectivity index (χ3v) is 2.08. The monoisotopic (exact) mass is 176 g/mol. The topological polar surface area (TPSA) is 49.7 Å². The molecule has 0 aromatic heterocycles. The zero-order valence-corrected chi connectivity index (χ0v) is 7.99. The number of aliphatic hydroxyl groups excluding tert-OH is 2. The molecule has 0 saturated heterocycles. The molecule has 2 atom stereocenters. The van der Waals surface area contributed by atoms with Gasteiger partial charge in [0.2, 0.25) is 0 Å². The molecule has 0 spiro atoms. The Bertz CT molecular complexity index is 93.8. The van der Waals surface area contributed by atoms with Gasteiger partial charge in [-0.05, 0) is 19.3 Å². The second kappa shape index (κ2) is 7.53. The van der Waals surface area contributed by atoms with E-state index < -0.39 is 0 Å². The molecule has 3 heteroatoms. The lowest BCUT2D eigenvalue weighted by Gasteiger charge is -2.17. The van der Waals surface area contributed by atoms with Crippen LogP contribution in [0.2, 0.25) is 0 Å². The lowest BCUT2D eigenvalue weighted by Crippen LogP contribution is -2.18. The molecule has 2 N–H and O–H groups in total. The van der Waals surface area contributed by atoms with Crippen LogP contribution in [0.15, 0.2) is 0 Å². The third kappa shape index (κ3) is 5.52. The second-order valence-electron chi connectivity index (χ2n) is 3.03. The van der Waals surface area contributed by atoms with Gasteiger partial charge in [0.15, 0.2) is 0 Å². The first kappa shape index (κ1) is 11.9. The van der Waals surface area contributed by atoms with Crippen molar-refractivity contribution >= 4 is 0 Å². The van der Waals surface area contributed by atoms with Crippen molar-refractivity contribution in [3.63, 3.8) is 0 Å². The predicted octanol–water partition coefficient (Wildman–Crippen LogP) is 0.792. The maximum atomic E-state index is 9.26. The molecular weight excluding hydrogens is 156 g/mol. The van der Waals surface area contributed by atoms with Gasteiger partial charge in [0.05, 0.1) is 19.3 Å². The van der Waals surface area contributed by atoms with E-state index in [4.69, 9.17) is 9.84 Å². The number of hydrogen-bond donors (Lipinski definition) is 2. The smallest absolute Gasteiger partial charge is 0.0697 e. The van der Waals surface area contributed by atoms with Gasteiger partial charge in [-0.3, -0.25) is 0 Å². The standard InChI is InChI=1S/C9H20O3/c1-3-9(8(2)11)4-6-12-7-5-10/h8-11H,3-7H2,1-2H3. The maximum Gasteiger partial charge on any atom is 0.0697 e. The first-order valence-electron chi connectivity index (χ1n) is 4.59. The van der Waals surface area contributed by atoms with Gasteiger partial charge in [0.1, 0.15) is 0 Å². The Kier molecular flexibility index (Phi) is 7.45. The Morgan fingerprint density at radius 3 is 2.42 bits per heavy atom. The molecule has 0 radical (unpaired) electrons. The zero-order valence-electron chi connectivity index (χ0n) is 7.99. The van der Waals surface area contributed by atoms with Crippen molar-refractivity contribution in [1.29, 1.82) is 0 Å². The first-order valence-corrected chi connectivity index (χ1v) is 4.59. The van der Waals surface area contributed by atoms with Crippen LogP contribution in [-0.4, -0.2) is 36.1 Å². The largest absolute Gasteiger partial charge is 0.394 e. The molecule has 0 aromatic carbocycles. The minimum absolute atomic E-state index is 0.0749. The number of aliphatic hydroxyl groups is 2. The molecule has 0 aliphatic rings. The van der Waals surface area contributed by atoms with Crippen molar-refractivity contribution in [3.05, 3.63) is 0 Å². The van der Waals surface area contributed by atoms with Crippen molar-refractivity contribution in [2.45, 2.75) is 32.8 Å². The molecule has 74 valence electrons. The summed E-state index contributed by atoms with van der Waals surface area (Å²) in [5.41, 5.74) is 0. The van der Waals surface area contributed by atoms with Gasteiger partial charge in [0.25, 0.3) is 0 Å². The highest BCUT2D eigenvalue weighted by molar-refractivity contribution is 4.62. The van der Waals surface area contributed by atoms with Crippen molar-refractivity contribution in [1.82, 2.24) is 0 Å². The molecule has 0 aromatic rings. The second-order valence-corrected chi connectivity index (χ2v) is 3.03. The molecular formula is C9H20O3. The minimum atomic E-state index is -0.257. The van der Waals surface area contributed by atoms with Crippen LogP contribution in [0.25, 0.3) is 0 Å². The van der Waals surface area contributed by atoms with Crippen molar-refractivity contribution in [3.8, 4) is 0 Å². The van der Waals surface area contributed by atoms with Crippen molar-refractivity contribution < 1.29 is 14.9 Å². The Morgan fingerprint density at radius 1 is 1.33 bits per heavy atom. The van der Waals surface area contributed by atoms with Crippen LogP contribution in [0.5, 0.6) is 0 Å². The lowest BCUT2D eigenvalue weighted by atomic mass is 9.97. The van der Waals surface area contributed by atoms with Crippen LogP contribution >= 0.6 is 0 Å². The van der Waals surface area contributed by atoms with Crippen LogP contribution < -0.4 is 0 Å². The Morgan fingerprint density at radius 2 is 2.00 bits per heavy atom. The first-order chi connectivity index (χ1) is 5.72. The summed E-state index contributed by atoms with van der Waals surface area (Å²) in [5.74, 6) is 0.323. The van der Waals surface area contributed by atoms with E-state index in [0.717, 1.165) is 12.8 Å². The van der Waals surface area contributed by atoms with E-state index in [1.165, 1.54) is 0 Å².